The van der Waals surface area contributed by atoms with Crippen LogP contribution in [-0.2, 0) is 20.9 Å². The first kappa shape index (κ1) is 26.2. The molecule has 36 heavy (non-hydrogen) atoms. The number of likely N-dealkylation sites (tertiary alicyclic amines) is 1. The number of aryl methyl sites for hydroxylation is 1. The summed E-state index contributed by atoms with van der Waals surface area (Å²) >= 11 is 0. The van der Waals surface area contributed by atoms with E-state index in [1.165, 1.54) is 16.4 Å². The number of piperidine rings is 1. The van der Waals surface area contributed by atoms with Crippen LogP contribution in [0.1, 0.15) is 47.0 Å². The predicted molar refractivity (Wildman–Crippen MR) is 146 cm³/mol. The number of carbonyl (C=O) groups is 2. The number of fused-ring (bicyclic) bond motifs is 3. The second-order valence-electron chi connectivity index (χ2n) is 10.0. The third-order valence-electron chi connectivity index (χ3n) is 7.26. The molecule has 4 rings (SSSR count). The number of hydrogen-bond donors (Lipinski definition) is 2. The molecule has 1 fully saturated rings. The minimum atomic E-state index is -0.255. The Hall–Kier alpha value is -2.90. The zero-order valence-corrected chi connectivity index (χ0v) is 22.0. The maximum Gasteiger partial charge on any atom is 0.241 e. The molecule has 0 saturated carbocycles. The van der Waals surface area contributed by atoms with Gasteiger partial charge in [0.2, 0.25) is 11.8 Å². The molecule has 2 N–H and O–H groups in total. The fourth-order valence-corrected chi connectivity index (χ4v) is 5.18. The number of carbonyl (C=O) groups excluding carboxylic acids is 2. The number of nitrogens with zero attached hydrogens (tertiary/aromatic N) is 2. The van der Waals surface area contributed by atoms with Gasteiger partial charge in [-0.05, 0) is 84.3 Å². The summed E-state index contributed by atoms with van der Waals surface area (Å²) in [6.45, 7) is 11.8. The molecule has 1 saturated heterocycles. The molecule has 1 aliphatic rings. The van der Waals surface area contributed by atoms with Gasteiger partial charge < -0.3 is 19.9 Å². The van der Waals surface area contributed by atoms with Crippen molar-refractivity contribution < 1.29 is 14.3 Å². The number of anilines is 1. The van der Waals surface area contributed by atoms with Crippen molar-refractivity contribution >= 4 is 39.3 Å². The van der Waals surface area contributed by atoms with Crippen molar-refractivity contribution in [2.75, 3.05) is 31.6 Å². The van der Waals surface area contributed by atoms with Gasteiger partial charge in [0.15, 0.2) is 0 Å². The smallest absolute Gasteiger partial charge is 0.241 e. The molecule has 0 radical (unpaired) electrons. The van der Waals surface area contributed by atoms with Crippen molar-refractivity contribution in [2.45, 2.75) is 65.6 Å². The molecular weight excluding hydrogens is 452 g/mol. The van der Waals surface area contributed by atoms with Crippen LogP contribution in [0, 0.1) is 5.92 Å². The predicted octanol–water partition coefficient (Wildman–Crippen LogP) is 4.78. The van der Waals surface area contributed by atoms with Crippen molar-refractivity contribution in [3.8, 4) is 0 Å². The largest absolute Gasteiger partial charge is 0.379 e. The van der Waals surface area contributed by atoms with Gasteiger partial charge in [-0.3, -0.25) is 14.5 Å². The van der Waals surface area contributed by atoms with Gasteiger partial charge in [-0.25, -0.2) is 0 Å². The summed E-state index contributed by atoms with van der Waals surface area (Å²) in [5.41, 5.74) is 3.20. The monoisotopic (exact) mass is 492 g/mol. The van der Waals surface area contributed by atoms with E-state index >= 15 is 0 Å². The lowest BCUT2D eigenvalue weighted by atomic mass is 9.95. The van der Waals surface area contributed by atoms with Crippen LogP contribution in [0.2, 0.25) is 0 Å². The highest BCUT2D eigenvalue weighted by Gasteiger charge is 2.29. The van der Waals surface area contributed by atoms with Crippen LogP contribution in [0.25, 0.3) is 21.8 Å². The molecule has 7 heteroatoms. The molecule has 2 amide bonds. The van der Waals surface area contributed by atoms with Crippen LogP contribution in [0.4, 0.5) is 5.69 Å². The van der Waals surface area contributed by atoms with Crippen LogP contribution in [0.15, 0.2) is 42.5 Å². The molecule has 2 aromatic carbocycles. The number of aromatic nitrogens is 1. The maximum absolute atomic E-state index is 13.1. The summed E-state index contributed by atoms with van der Waals surface area (Å²) in [6.07, 6.45) is 2.59. The first-order chi connectivity index (χ1) is 17.4. The fourth-order valence-electron chi connectivity index (χ4n) is 5.18. The van der Waals surface area contributed by atoms with Crippen molar-refractivity contribution in [1.82, 2.24) is 14.8 Å². The van der Waals surface area contributed by atoms with E-state index in [0.717, 1.165) is 50.0 Å². The number of amides is 2. The normalized spacial score (nSPS) is 16.0. The molecule has 2 heterocycles. The van der Waals surface area contributed by atoms with Gasteiger partial charge in [0.05, 0.1) is 12.1 Å². The van der Waals surface area contributed by atoms with Crippen molar-refractivity contribution in [3.63, 3.8) is 0 Å². The Morgan fingerprint density at radius 3 is 2.47 bits per heavy atom. The first-order valence-corrected chi connectivity index (χ1v) is 13.3. The van der Waals surface area contributed by atoms with Crippen molar-refractivity contribution in [3.05, 3.63) is 42.5 Å². The van der Waals surface area contributed by atoms with Crippen molar-refractivity contribution in [1.29, 1.82) is 0 Å². The van der Waals surface area contributed by atoms with Crippen LogP contribution >= 0.6 is 0 Å². The lowest BCUT2D eigenvalue weighted by Crippen LogP contribution is -2.48. The number of hydrogen-bond acceptors (Lipinski definition) is 4. The molecule has 194 valence electrons. The highest BCUT2D eigenvalue weighted by Crippen LogP contribution is 2.31. The number of para-hydroxylation sites is 1. The molecule has 0 bridgehead atoms. The fraction of sp³-hybridized carbons (Fsp3) is 0.517. The quantitative estimate of drug-likeness (QED) is 0.399. The number of benzene rings is 2. The Balaban J connectivity index is 1.30. The van der Waals surface area contributed by atoms with E-state index in [1.54, 1.807) is 0 Å². The lowest BCUT2D eigenvalue weighted by Gasteiger charge is -2.34. The Bertz CT molecular complexity index is 1190. The third kappa shape index (κ3) is 5.90. The lowest BCUT2D eigenvalue weighted by molar-refractivity contribution is -0.127. The zero-order chi connectivity index (χ0) is 25.7. The second kappa shape index (κ2) is 11.9. The van der Waals surface area contributed by atoms with Crippen LogP contribution in [0.3, 0.4) is 0 Å². The number of rotatable bonds is 10. The van der Waals surface area contributed by atoms with Gasteiger partial charge in [-0.15, -0.1) is 0 Å². The molecule has 0 aliphatic carbocycles. The van der Waals surface area contributed by atoms with Crippen LogP contribution in [-0.4, -0.2) is 59.7 Å². The highest BCUT2D eigenvalue weighted by atomic mass is 16.5. The Morgan fingerprint density at radius 1 is 1.03 bits per heavy atom. The first-order valence-electron chi connectivity index (χ1n) is 13.3. The Kier molecular flexibility index (Phi) is 8.64. The van der Waals surface area contributed by atoms with E-state index in [2.05, 4.69) is 63.4 Å². The van der Waals surface area contributed by atoms with E-state index < -0.39 is 0 Å². The van der Waals surface area contributed by atoms with Gasteiger partial charge >= 0.3 is 0 Å². The molecule has 1 unspecified atom stereocenters. The summed E-state index contributed by atoms with van der Waals surface area (Å²) in [7, 11) is 0. The number of ether oxygens (including phenoxy) is 1. The standard InChI is InChI=1S/C29H40N4O3/c1-5-33-26-10-7-6-9-24(26)25-19-23(11-12-27(25)33)31-28(34)21(4)32-16-13-22(14-17-32)29(35)30-15-8-18-36-20(2)3/h6-7,9-12,19-22H,5,8,13-18H2,1-4H3,(H,30,35)(H,31,34). The van der Waals surface area contributed by atoms with Gasteiger partial charge in [0.25, 0.3) is 0 Å². The molecule has 1 aliphatic heterocycles. The third-order valence-corrected chi connectivity index (χ3v) is 7.26. The van der Waals surface area contributed by atoms with Gasteiger partial charge in [-0.2, -0.15) is 0 Å². The van der Waals surface area contributed by atoms with Crippen LogP contribution < -0.4 is 10.6 Å². The summed E-state index contributed by atoms with van der Waals surface area (Å²) < 4.78 is 7.83. The zero-order valence-electron chi connectivity index (χ0n) is 22.0. The minimum Gasteiger partial charge on any atom is -0.379 e. The average Bonchev–Trinajstić information content (AvgIpc) is 3.20. The summed E-state index contributed by atoms with van der Waals surface area (Å²) in [5.74, 6) is 0.123. The van der Waals surface area contributed by atoms with Crippen molar-refractivity contribution in [2.24, 2.45) is 5.92 Å². The molecule has 7 nitrogen and oxygen atoms in total. The Morgan fingerprint density at radius 2 is 1.75 bits per heavy atom. The summed E-state index contributed by atoms with van der Waals surface area (Å²) in [6, 6.07) is 14.3. The molecule has 0 spiro atoms. The molecule has 1 atom stereocenters. The van der Waals surface area contributed by atoms with E-state index in [0.29, 0.717) is 13.2 Å². The molecule has 1 aromatic heterocycles. The highest BCUT2D eigenvalue weighted by molar-refractivity contribution is 6.10. The van der Waals surface area contributed by atoms with E-state index in [-0.39, 0.29) is 29.9 Å². The summed E-state index contributed by atoms with van der Waals surface area (Å²) in [5, 5.41) is 8.52. The van der Waals surface area contributed by atoms with Gasteiger partial charge in [0.1, 0.15) is 0 Å². The summed E-state index contributed by atoms with van der Waals surface area (Å²) in [4.78, 5) is 27.8. The van der Waals surface area contributed by atoms with Gasteiger partial charge in [-0.1, -0.05) is 18.2 Å². The molecule has 3 aromatic rings. The van der Waals surface area contributed by atoms with E-state index in [9.17, 15) is 9.59 Å². The Labute approximate surface area is 214 Å². The van der Waals surface area contributed by atoms with E-state index in [4.69, 9.17) is 4.74 Å². The van der Waals surface area contributed by atoms with Crippen LogP contribution in [0.5, 0.6) is 0 Å². The second-order valence-corrected chi connectivity index (χ2v) is 10.0. The average molecular weight is 493 g/mol. The van der Waals surface area contributed by atoms with E-state index in [1.807, 2.05) is 26.8 Å². The maximum atomic E-state index is 13.1. The molecular formula is C29H40N4O3. The van der Waals surface area contributed by atoms with Gasteiger partial charge in [0, 0.05) is 53.1 Å². The topological polar surface area (TPSA) is 75.6 Å². The minimum absolute atomic E-state index is 0.0124. The SMILES string of the molecule is CCn1c2ccccc2c2cc(NC(=O)C(C)N3CCC(C(=O)NCCCOC(C)C)CC3)ccc21. The number of nitrogens with one attached hydrogen (secondary N) is 2.